The van der Waals surface area contributed by atoms with Gasteiger partial charge in [-0.1, -0.05) is 37.0 Å². The van der Waals surface area contributed by atoms with E-state index in [1.54, 1.807) is 6.07 Å². The van der Waals surface area contributed by atoms with Crippen molar-refractivity contribution in [2.24, 2.45) is 5.92 Å². The molecular formula is C20H26Cl2N2O2. The van der Waals surface area contributed by atoms with E-state index in [1.807, 2.05) is 11.0 Å². The molecule has 4 nitrogen and oxygen atoms in total. The summed E-state index contributed by atoms with van der Waals surface area (Å²) >= 11 is 12.3. The summed E-state index contributed by atoms with van der Waals surface area (Å²) in [5.74, 6) is 1.41. The van der Waals surface area contributed by atoms with Crippen molar-refractivity contribution < 1.29 is 9.53 Å². The quantitative estimate of drug-likeness (QED) is 0.801. The van der Waals surface area contributed by atoms with Crippen molar-refractivity contribution in [3.8, 4) is 5.75 Å². The average molecular weight is 397 g/mol. The third-order valence-electron chi connectivity index (χ3n) is 4.85. The molecule has 0 saturated carbocycles. The van der Waals surface area contributed by atoms with Crippen LogP contribution in [0.3, 0.4) is 0 Å². The fraction of sp³-hybridized carbons (Fsp3) is 0.550. The lowest BCUT2D eigenvalue weighted by molar-refractivity contribution is -0.133. The lowest BCUT2D eigenvalue weighted by Crippen LogP contribution is -2.45. The number of hydrogen-bond donors (Lipinski definition) is 1. The molecule has 1 aromatic rings. The zero-order valence-corrected chi connectivity index (χ0v) is 16.9. The second kappa shape index (κ2) is 8.64. The number of ether oxygens (including phenoxy) is 1. The highest BCUT2D eigenvalue weighted by atomic mass is 35.5. The first-order valence-corrected chi connectivity index (χ1v) is 10.0. The predicted octanol–water partition coefficient (Wildman–Crippen LogP) is 4.40. The Morgan fingerprint density at radius 1 is 1.31 bits per heavy atom. The van der Waals surface area contributed by atoms with Crippen LogP contribution in [0, 0.1) is 5.92 Å². The molecule has 0 aliphatic carbocycles. The fourth-order valence-corrected chi connectivity index (χ4v) is 4.02. The maximum absolute atomic E-state index is 12.2. The van der Waals surface area contributed by atoms with E-state index in [9.17, 15) is 4.79 Å². The van der Waals surface area contributed by atoms with Gasteiger partial charge in [0, 0.05) is 42.7 Å². The molecule has 0 spiro atoms. The van der Waals surface area contributed by atoms with Crippen molar-refractivity contribution in [2.75, 3.05) is 26.2 Å². The summed E-state index contributed by atoms with van der Waals surface area (Å²) in [6.45, 7) is 7.16. The van der Waals surface area contributed by atoms with Crippen LogP contribution in [0.25, 0.3) is 6.08 Å². The average Bonchev–Trinajstić information content (AvgIpc) is 2.59. The molecule has 1 amide bonds. The molecule has 1 aromatic carbocycles. The Labute approximate surface area is 165 Å². The number of hydrogen-bond acceptors (Lipinski definition) is 3. The Hall–Kier alpha value is -1.23. The lowest BCUT2D eigenvalue weighted by Gasteiger charge is -2.33. The zero-order valence-electron chi connectivity index (χ0n) is 15.4. The highest BCUT2D eigenvalue weighted by Gasteiger charge is 2.23. The van der Waals surface area contributed by atoms with Crippen molar-refractivity contribution in [3.63, 3.8) is 0 Å². The topological polar surface area (TPSA) is 41.6 Å². The summed E-state index contributed by atoms with van der Waals surface area (Å²) in [6.07, 6.45) is 4.73. The number of likely N-dealkylation sites (tertiary alicyclic amines) is 1. The third kappa shape index (κ3) is 4.93. The molecule has 0 radical (unpaired) electrons. The monoisotopic (exact) mass is 396 g/mol. The van der Waals surface area contributed by atoms with Crippen LogP contribution in [0.1, 0.15) is 38.7 Å². The number of carbonyl (C=O) groups excluding carboxylic acids is 1. The largest absolute Gasteiger partial charge is 0.487 e. The molecule has 0 unspecified atom stereocenters. The first-order valence-electron chi connectivity index (χ1n) is 9.25. The van der Waals surface area contributed by atoms with Gasteiger partial charge in [0.15, 0.2) is 0 Å². The zero-order chi connectivity index (χ0) is 18.7. The molecule has 26 heavy (non-hydrogen) atoms. The molecule has 6 heteroatoms. The molecule has 3 rings (SSSR count). The van der Waals surface area contributed by atoms with Gasteiger partial charge >= 0.3 is 0 Å². The van der Waals surface area contributed by atoms with Crippen LogP contribution in [-0.2, 0) is 4.79 Å². The van der Waals surface area contributed by atoms with E-state index >= 15 is 0 Å². The number of piperidine rings is 1. The van der Waals surface area contributed by atoms with Gasteiger partial charge in [0.1, 0.15) is 12.4 Å². The van der Waals surface area contributed by atoms with E-state index in [2.05, 4.69) is 25.2 Å². The molecule has 1 saturated heterocycles. The number of halogens is 2. The molecule has 142 valence electrons. The van der Waals surface area contributed by atoms with Crippen LogP contribution in [0.4, 0.5) is 0 Å². The summed E-state index contributed by atoms with van der Waals surface area (Å²) in [7, 11) is 0. The number of benzene rings is 1. The maximum Gasteiger partial charge on any atom is 0.222 e. The Balaban J connectivity index is 1.50. The van der Waals surface area contributed by atoms with Crippen LogP contribution in [-0.4, -0.2) is 43.1 Å². The van der Waals surface area contributed by atoms with Crippen molar-refractivity contribution in [1.82, 2.24) is 10.2 Å². The summed E-state index contributed by atoms with van der Waals surface area (Å²) in [5, 5.41) is 4.76. The lowest BCUT2D eigenvalue weighted by atomic mass is 10.0. The molecule has 0 bridgehead atoms. The standard InChI is InChI=1S/C20H26Cl2N2O2/c1-13(2)7-19(25)24-5-3-17(4-6-24)23-11-14-8-15-9-16(21)10-18(22)20(15)26-12-14/h8-10,13,17,23H,3-7,11-12H2,1-2H3. The molecule has 0 aromatic heterocycles. The third-order valence-corrected chi connectivity index (χ3v) is 5.35. The normalized spacial score (nSPS) is 17.7. The number of fused-ring (bicyclic) bond motifs is 1. The summed E-state index contributed by atoms with van der Waals surface area (Å²) in [4.78, 5) is 14.2. The number of nitrogens with zero attached hydrogens (tertiary/aromatic N) is 1. The minimum Gasteiger partial charge on any atom is -0.487 e. The summed E-state index contributed by atoms with van der Waals surface area (Å²) in [6, 6.07) is 4.01. The van der Waals surface area contributed by atoms with E-state index in [1.165, 1.54) is 5.57 Å². The molecule has 2 aliphatic rings. The molecule has 1 fully saturated rings. The minimum absolute atomic E-state index is 0.284. The van der Waals surface area contributed by atoms with E-state index in [-0.39, 0.29) is 5.91 Å². The van der Waals surface area contributed by atoms with E-state index < -0.39 is 0 Å². The number of amides is 1. The van der Waals surface area contributed by atoms with Crippen molar-refractivity contribution in [3.05, 3.63) is 33.3 Å². The smallest absolute Gasteiger partial charge is 0.222 e. The van der Waals surface area contributed by atoms with Gasteiger partial charge in [-0.25, -0.2) is 0 Å². The van der Waals surface area contributed by atoms with Gasteiger partial charge in [0.25, 0.3) is 0 Å². The van der Waals surface area contributed by atoms with Gasteiger partial charge in [-0.15, -0.1) is 0 Å². The highest BCUT2D eigenvalue weighted by molar-refractivity contribution is 6.36. The number of rotatable bonds is 5. The van der Waals surface area contributed by atoms with Gasteiger partial charge < -0.3 is 15.0 Å². The van der Waals surface area contributed by atoms with Gasteiger partial charge in [0.05, 0.1) is 5.02 Å². The van der Waals surface area contributed by atoms with Gasteiger partial charge in [-0.2, -0.15) is 0 Å². The van der Waals surface area contributed by atoms with Crippen LogP contribution < -0.4 is 10.1 Å². The molecule has 1 N–H and O–H groups in total. The molecule has 2 heterocycles. The second-order valence-electron chi connectivity index (χ2n) is 7.53. The number of nitrogens with one attached hydrogen (secondary N) is 1. The Morgan fingerprint density at radius 2 is 2.04 bits per heavy atom. The predicted molar refractivity (Wildman–Crippen MR) is 107 cm³/mol. The Morgan fingerprint density at radius 3 is 2.73 bits per heavy atom. The SMILES string of the molecule is CC(C)CC(=O)N1CCC(NCC2=Cc3cc(Cl)cc(Cl)c3OC2)CC1. The Bertz CT molecular complexity index is 695. The van der Waals surface area contributed by atoms with Crippen molar-refractivity contribution in [2.45, 2.75) is 39.2 Å². The van der Waals surface area contributed by atoms with Crippen LogP contribution in [0.2, 0.25) is 10.0 Å². The van der Waals surface area contributed by atoms with Gasteiger partial charge in [-0.3, -0.25) is 4.79 Å². The van der Waals surface area contributed by atoms with E-state index in [0.717, 1.165) is 38.0 Å². The van der Waals surface area contributed by atoms with Gasteiger partial charge in [-0.05, 0) is 42.5 Å². The summed E-state index contributed by atoms with van der Waals surface area (Å²) < 4.78 is 5.80. The first kappa shape index (κ1) is 19.5. The second-order valence-corrected chi connectivity index (χ2v) is 8.37. The highest BCUT2D eigenvalue weighted by Crippen LogP contribution is 2.36. The Kier molecular flexibility index (Phi) is 6.49. The molecular weight excluding hydrogens is 371 g/mol. The van der Waals surface area contributed by atoms with E-state index in [0.29, 0.717) is 40.8 Å². The molecule has 2 aliphatic heterocycles. The fourth-order valence-electron chi connectivity index (χ4n) is 3.46. The molecule has 0 atom stereocenters. The van der Waals surface area contributed by atoms with Crippen LogP contribution in [0.5, 0.6) is 5.75 Å². The van der Waals surface area contributed by atoms with E-state index in [4.69, 9.17) is 27.9 Å². The van der Waals surface area contributed by atoms with Crippen molar-refractivity contribution in [1.29, 1.82) is 0 Å². The van der Waals surface area contributed by atoms with Gasteiger partial charge in [0.2, 0.25) is 5.91 Å². The van der Waals surface area contributed by atoms with Crippen molar-refractivity contribution >= 4 is 35.2 Å². The van der Waals surface area contributed by atoms with Crippen LogP contribution >= 0.6 is 23.2 Å². The first-order chi connectivity index (χ1) is 12.4. The number of carbonyl (C=O) groups is 1. The minimum atomic E-state index is 0.284. The maximum atomic E-state index is 12.2. The van der Waals surface area contributed by atoms with Crippen LogP contribution in [0.15, 0.2) is 17.7 Å². The summed E-state index contributed by atoms with van der Waals surface area (Å²) in [5.41, 5.74) is 2.11.